The molecule has 6 heteroatoms. The minimum Gasteiger partial charge on any atom is -0.493 e. The number of esters is 1. The van der Waals surface area contributed by atoms with Gasteiger partial charge >= 0.3 is 5.97 Å². The number of halogens is 1. The predicted molar refractivity (Wildman–Crippen MR) is 91.6 cm³/mol. The molecule has 0 aromatic heterocycles. The van der Waals surface area contributed by atoms with Crippen molar-refractivity contribution in [2.24, 2.45) is 4.99 Å². The maximum atomic E-state index is 12.0. The molecule has 1 aliphatic rings. The fourth-order valence-corrected chi connectivity index (χ4v) is 2.43. The largest absolute Gasteiger partial charge is 0.493 e. The van der Waals surface area contributed by atoms with E-state index in [2.05, 4.69) is 4.99 Å². The van der Waals surface area contributed by atoms with E-state index in [-0.39, 0.29) is 11.6 Å². The third-order valence-corrected chi connectivity index (χ3v) is 3.79. The summed E-state index contributed by atoms with van der Waals surface area (Å²) in [6.45, 7) is 0. The van der Waals surface area contributed by atoms with E-state index in [9.17, 15) is 4.79 Å². The normalized spacial score (nSPS) is 15.2. The van der Waals surface area contributed by atoms with Crippen molar-refractivity contribution in [3.63, 3.8) is 0 Å². The van der Waals surface area contributed by atoms with E-state index in [1.165, 1.54) is 7.11 Å². The lowest BCUT2D eigenvalue weighted by atomic mass is 10.2. The number of rotatable bonds is 4. The van der Waals surface area contributed by atoms with Gasteiger partial charge in [-0.1, -0.05) is 29.8 Å². The molecule has 0 saturated carbocycles. The van der Waals surface area contributed by atoms with E-state index in [1.807, 2.05) is 12.1 Å². The number of nitrogens with zero attached hydrogens (tertiary/aromatic N) is 1. The molecule has 0 saturated heterocycles. The Morgan fingerprint density at radius 2 is 1.83 bits per heavy atom. The SMILES string of the molecule is COc1ccc(C2=N/C(=C\c3ccccc3Cl)C(=O)O2)cc1OC. The van der Waals surface area contributed by atoms with Gasteiger partial charge in [0.1, 0.15) is 0 Å². The van der Waals surface area contributed by atoms with Crippen molar-refractivity contribution in [1.29, 1.82) is 0 Å². The van der Waals surface area contributed by atoms with E-state index < -0.39 is 5.97 Å². The standard InChI is InChI=1S/C18H14ClNO4/c1-22-15-8-7-12(10-16(15)23-2)17-20-14(18(21)24-17)9-11-5-3-4-6-13(11)19/h3-10H,1-2H3/b14-9-. The molecular weight excluding hydrogens is 330 g/mol. The van der Waals surface area contributed by atoms with Crippen LogP contribution in [0.25, 0.3) is 6.08 Å². The third-order valence-electron chi connectivity index (χ3n) is 3.45. The van der Waals surface area contributed by atoms with E-state index in [4.69, 9.17) is 25.8 Å². The number of ether oxygens (including phenoxy) is 3. The molecule has 2 aromatic rings. The van der Waals surface area contributed by atoms with Gasteiger partial charge in [0, 0.05) is 10.6 Å². The second kappa shape index (κ2) is 6.76. The van der Waals surface area contributed by atoms with Crippen LogP contribution in [-0.2, 0) is 9.53 Å². The van der Waals surface area contributed by atoms with E-state index in [1.54, 1.807) is 43.5 Å². The summed E-state index contributed by atoms with van der Waals surface area (Å²) in [5.74, 6) is 0.786. The molecule has 2 aromatic carbocycles. The number of carbonyl (C=O) groups excluding carboxylic acids is 1. The summed E-state index contributed by atoms with van der Waals surface area (Å²) in [7, 11) is 3.09. The second-order valence-electron chi connectivity index (χ2n) is 4.93. The van der Waals surface area contributed by atoms with Crippen LogP contribution < -0.4 is 9.47 Å². The Bertz CT molecular complexity index is 858. The Balaban J connectivity index is 1.96. The Morgan fingerprint density at radius 1 is 1.08 bits per heavy atom. The van der Waals surface area contributed by atoms with Crippen molar-refractivity contribution in [3.05, 3.63) is 64.3 Å². The number of carbonyl (C=O) groups is 1. The van der Waals surface area contributed by atoms with Crippen LogP contribution in [0.4, 0.5) is 0 Å². The third kappa shape index (κ3) is 3.12. The highest BCUT2D eigenvalue weighted by Crippen LogP contribution is 2.30. The van der Waals surface area contributed by atoms with E-state index in [0.29, 0.717) is 27.6 Å². The van der Waals surface area contributed by atoms with E-state index in [0.717, 1.165) is 0 Å². The van der Waals surface area contributed by atoms with Crippen LogP contribution in [0.3, 0.4) is 0 Å². The van der Waals surface area contributed by atoms with Crippen LogP contribution >= 0.6 is 11.6 Å². The molecule has 0 fully saturated rings. The Morgan fingerprint density at radius 3 is 2.54 bits per heavy atom. The lowest BCUT2D eigenvalue weighted by Crippen LogP contribution is -2.06. The molecule has 1 aliphatic heterocycles. The quantitative estimate of drug-likeness (QED) is 0.627. The summed E-state index contributed by atoms with van der Waals surface area (Å²) in [6.07, 6.45) is 1.60. The zero-order valence-electron chi connectivity index (χ0n) is 13.1. The minimum atomic E-state index is -0.528. The lowest BCUT2D eigenvalue weighted by Gasteiger charge is -2.08. The van der Waals surface area contributed by atoms with Crippen LogP contribution in [0, 0.1) is 0 Å². The summed E-state index contributed by atoms with van der Waals surface area (Å²) in [6, 6.07) is 12.3. The minimum absolute atomic E-state index is 0.188. The van der Waals surface area contributed by atoms with Crippen LogP contribution in [-0.4, -0.2) is 26.1 Å². The molecule has 122 valence electrons. The molecule has 0 amide bonds. The molecule has 0 bridgehead atoms. The molecule has 0 radical (unpaired) electrons. The molecule has 5 nitrogen and oxygen atoms in total. The van der Waals surface area contributed by atoms with Gasteiger partial charge in [-0.2, -0.15) is 0 Å². The van der Waals surface area contributed by atoms with Crippen LogP contribution in [0.15, 0.2) is 53.2 Å². The Kier molecular flexibility index (Phi) is 4.53. The van der Waals surface area contributed by atoms with Gasteiger partial charge in [0.25, 0.3) is 0 Å². The van der Waals surface area contributed by atoms with Crippen LogP contribution in [0.1, 0.15) is 11.1 Å². The molecule has 0 spiro atoms. The number of aliphatic imine (C=N–C) groups is 1. The zero-order valence-corrected chi connectivity index (χ0v) is 13.8. The van der Waals surface area contributed by atoms with Crippen molar-refractivity contribution in [2.45, 2.75) is 0 Å². The first kappa shape index (κ1) is 16.1. The Hall–Kier alpha value is -2.79. The van der Waals surface area contributed by atoms with Gasteiger partial charge in [-0.05, 0) is 35.9 Å². The van der Waals surface area contributed by atoms with E-state index >= 15 is 0 Å². The highest BCUT2D eigenvalue weighted by atomic mass is 35.5. The van der Waals surface area contributed by atoms with Crippen molar-refractivity contribution in [3.8, 4) is 11.5 Å². The van der Waals surface area contributed by atoms with Gasteiger partial charge < -0.3 is 14.2 Å². The number of hydrogen-bond donors (Lipinski definition) is 0. The topological polar surface area (TPSA) is 57.1 Å². The number of hydrogen-bond acceptors (Lipinski definition) is 5. The molecule has 1 heterocycles. The van der Waals surface area contributed by atoms with Crippen LogP contribution in [0.5, 0.6) is 11.5 Å². The number of cyclic esters (lactones) is 1. The highest BCUT2D eigenvalue weighted by Gasteiger charge is 2.25. The Labute approximate surface area is 144 Å². The first-order chi connectivity index (χ1) is 11.6. The van der Waals surface area contributed by atoms with Crippen molar-refractivity contribution in [2.75, 3.05) is 14.2 Å². The molecule has 0 unspecified atom stereocenters. The fourth-order valence-electron chi connectivity index (χ4n) is 2.24. The lowest BCUT2D eigenvalue weighted by molar-refractivity contribution is -0.129. The maximum absolute atomic E-state index is 12.0. The summed E-state index contributed by atoms with van der Waals surface area (Å²) < 4.78 is 15.7. The van der Waals surface area contributed by atoms with Crippen molar-refractivity contribution >= 4 is 29.5 Å². The first-order valence-corrected chi connectivity index (χ1v) is 7.49. The van der Waals surface area contributed by atoms with Gasteiger partial charge in [-0.3, -0.25) is 0 Å². The molecule has 0 N–H and O–H groups in total. The van der Waals surface area contributed by atoms with Crippen LogP contribution in [0.2, 0.25) is 5.02 Å². The van der Waals surface area contributed by atoms with Gasteiger partial charge in [-0.25, -0.2) is 9.79 Å². The summed E-state index contributed by atoms with van der Waals surface area (Å²) in [5, 5.41) is 0.535. The monoisotopic (exact) mass is 343 g/mol. The fraction of sp³-hybridized carbons (Fsp3) is 0.111. The average Bonchev–Trinajstić information content (AvgIpc) is 2.97. The number of benzene rings is 2. The van der Waals surface area contributed by atoms with Gasteiger partial charge in [0.15, 0.2) is 17.2 Å². The smallest absolute Gasteiger partial charge is 0.363 e. The predicted octanol–water partition coefficient (Wildman–Crippen LogP) is 3.70. The van der Waals surface area contributed by atoms with Gasteiger partial charge in [-0.15, -0.1) is 0 Å². The summed E-state index contributed by atoms with van der Waals surface area (Å²) in [4.78, 5) is 16.3. The summed E-state index contributed by atoms with van der Waals surface area (Å²) >= 11 is 6.10. The highest BCUT2D eigenvalue weighted by molar-refractivity contribution is 6.32. The number of methoxy groups -OCH3 is 2. The second-order valence-corrected chi connectivity index (χ2v) is 5.33. The summed E-state index contributed by atoms with van der Waals surface area (Å²) in [5.41, 5.74) is 1.50. The van der Waals surface area contributed by atoms with Crippen molar-refractivity contribution < 1.29 is 19.0 Å². The molecule has 3 rings (SSSR count). The average molecular weight is 344 g/mol. The first-order valence-electron chi connectivity index (χ1n) is 7.12. The van der Waals surface area contributed by atoms with Crippen molar-refractivity contribution in [1.82, 2.24) is 0 Å². The molecule has 24 heavy (non-hydrogen) atoms. The molecule has 0 atom stereocenters. The molecule has 0 aliphatic carbocycles. The molecular formula is C18H14ClNO4. The maximum Gasteiger partial charge on any atom is 0.363 e. The van der Waals surface area contributed by atoms with Gasteiger partial charge in [0.2, 0.25) is 5.90 Å². The zero-order chi connectivity index (χ0) is 17.1. The van der Waals surface area contributed by atoms with Gasteiger partial charge in [0.05, 0.1) is 14.2 Å².